The summed E-state index contributed by atoms with van der Waals surface area (Å²) in [5.41, 5.74) is -0.0370. The summed E-state index contributed by atoms with van der Waals surface area (Å²) in [7, 11) is 0. The van der Waals surface area contributed by atoms with E-state index in [9.17, 15) is 13.6 Å². The molecule has 0 radical (unpaired) electrons. The fourth-order valence-electron chi connectivity index (χ4n) is 1.65. The third-order valence-electron chi connectivity index (χ3n) is 2.30. The van der Waals surface area contributed by atoms with E-state index in [0.29, 0.717) is 5.39 Å². The van der Waals surface area contributed by atoms with Crippen molar-refractivity contribution in [1.29, 1.82) is 0 Å². The van der Waals surface area contributed by atoms with Crippen molar-refractivity contribution in [3.8, 4) is 5.75 Å². The minimum atomic E-state index is -2.99. The van der Waals surface area contributed by atoms with Gasteiger partial charge in [-0.25, -0.2) is 0 Å². The van der Waals surface area contributed by atoms with Crippen molar-refractivity contribution >= 4 is 27.6 Å². The molecule has 5 heteroatoms. The number of hydrogen-bond donors (Lipinski definition) is 0. The summed E-state index contributed by atoms with van der Waals surface area (Å²) < 4.78 is 28.7. The van der Waals surface area contributed by atoms with Crippen LogP contribution in [0.15, 0.2) is 36.4 Å². The number of hydrogen-bond acceptors (Lipinski definition) is 2. The monoisotopic (exact) mass is 256 g/mol. The normalized spacial score (nSPS) is 10.8. The SMILES string of the molecule is O=C(Cl)c1c(OC(F)F)ccc2ccccc12. The van der Waals surface area contributed by atoms with Gasteiger partial charge in [0.05, 0.1) is 5.56 Å². The van der Waals surface area contributed by atoms with Gasteiger partial charge in [-0.3, -0.25) is 4.79 Å². The van der Waals surface area contributed by atoms with Gasteiger partial charge in [0.2, 0.25) is 0 Å². The van der Waals surface area contributed by atoms with Crippen LogP contribution >= 0.6 is 11.6 Å². The van der Waals surface area contributed by atoms with Crippen LogP contribution in [-0.4, -0.2) is 11.9 Å². The number of ether oxygens (including phenoxy) is 1. The lowest BCUT2D eigenvalue weighted by atomic mass is 10.0. The molecule has 0 aliphatic heterocycles. The summed E-state index contributed by atoms with van der Waals surface area (Å²) in [5, 5.41) is 0.404. The van der Waals surface area contributed by atoms with E-state index in [1.54, 1.807) is 30.3 Å². The van der Waals surface area contributed by atoms with E-state index in [2.05, 4.69) is 4.74 Å². The molecule has 0 spiro atoms. The average molecular weight is 257 g/mol. The van der Waals surface area contributed by atoms with Crippen molar-refractivity contribution in [2.75, 3.05) is 0 Å². The van der Waals surface area contributed by atoms with E-state index >= 15 is 0 Å². The van der Waals surface area contributed by atoms with Gasteiger partial charge in [-0.2, -0.15) is 8.78 Å². The summed E-state index contributed by atoms with van der Waals surface area (Å²) >= 11 is 5.41. The largest absolute Gasteiger partial charge is 0.434 e. The molecule has 2 nitrogen and oxygen atoms in total. The summed E-state index contributed by atoms with van der Waals surface area (Å²) in [5.74, 6) is -0.210. The van der Waals surface area contributed by atoms with Gasteiger partial charge in [0.1, 0.15) is 5.75 Å². The fraction of sp³-hybridized carbons (Fsp3) is 0.0833. The van der Waals surface area contributed by atoms with Gasteiger partial charge in [0.25, 0.3) is 5.24 Å². The van der Waals surface area contributed by atoms with Crippen LogP contribution in [0.2, 0.25) is 0 Å². The number of carbonyl (C=O) groups is 1. The second-order valence-corrected chi connectivity index (χ2v) is 3.66. The van der Waals surface area contributed by atoms with Gasteiger partial charge < -0.3 is 4.74 Å². The van der Waals surface area contributed by atoms with Gasteiger partial charge in [-0.1, -0.05) is 30.3 Å². The molecule has 0 bridgehead atoms. The van der Waals surface area contributed by atoms with Crippen molar-refractivity contribution in [2.45, 2.75) is 6.61 Å². The third-order valence-corrected chi connectivity index (χ3v) is 2.49. The molecule has 0 saturated carbocycles. The lowest BCUT2D eigenvalue weighted by Gasteiger charge is -2.10. The van der Waals surface area contributed by atoms with Crippen LogP contribution in [0.5, 0.6) is 5.75 Å². The van der Waals surface area contributed by atoms with Crippen molar-refractivity contribution in [2.24, 2.45) is 0 Å². The molecule has 2 rings (SSSR count). The topological polar surface area (TPSA) is 26.3 Å². The molecule has 0 saturated heterocycles. The molecule has 2 aromatic carbocycles. The Hall–Kier alpha value is -1.68. The van der Waals surface area contributed by atoms with Crippen LogP contribution in [0.1, 0.15) is 10.4 Å². The van der Waals surface area contributed by atoms with Gasteiger partial charge in [-0.05, 0) is 28.4 Å². The van der Waals surface area contributed by atoms with E-state index in [4.69, 9.17) is 11.6 Å². The zero-order valence-electron chi connectivity index (χ0n) is 8.49. The lowest BCUT2D eigenvalue weighted by molar-refractivity contribution is -0.0499. The van der Waals surface area contributed by atoms with Crippen molar-refractivity contribution in [3.63, 3.8) is 0 Å². The summed E-state index contributed by atoms with van der Waals surface area (Å²) in [6.07, 6.45) is 0. The Morgan fingerprint density at radius 2 is 1.88 bits per heavy atom. The Morgan fingerprint density at radius 1 is 1.18 bits per heavy atom. The predicted molar refractivity (Wildman–Crippen MR) is 60.8 cm³/mol. The molecule has 0 heterocycles. The molecule has 2 aromatic rings. The highest BCUT2D eigenvalue weighted by atomic mass is 35.5. The summed E-state index contributed by atoms with van der Waals surface area (Å²) in [6.45, 7) is -2.99. The Bertz CT molecular complexity index is 569. The van der Waals surface area contributed by atoms with Gasteiger partial charge in [-0.15, -0.1) is 0 Å². The zero-order chi connectivity index (χ0) is 12.4. The highest BCUT2D eigenvalue weighted by Gasteiger charge is 2.17. The van der Waals surface area contributed by atoms with Crippen molar-refractivity contribution < 1.29 is 18.3 Å². The maximum atomic E-state index is 12.2. The van der Waals surface area contributed by atoms with Crippen LogP contribution < -0.4 is 4.74 Å². The Kier molecular flexibility index (Phi) is 3.24. The summed E-state index contributed by atoms with van der Waals surface area (Å²) in [4.78, 5) is 11.3. The second-order valence-electron chi connectivity index (χ2n) is 3.31. The first-order valence-electron chi connectivity index (χ1n) is 4.76. The summed E-state index contributed by atoms with van der Waals surface area (Å²) in [6, 6.07) is 9.75. The first-order chi connectivity index (χ1) is 8.09. The molecule has 17 heavy (non-hydrogen) atoms. The van der Waals surface area contributed by atoms with E-state index in [1.807, 2.05) is 0 Å². The standard InChI is InChI=1S/C12H7ClF2O2/c13-11(16)10-8-4-2-1-3-7(8)5-6-9(10)17-12(14)15/h1-6,12H. The first kappa shape index (κ1) is 11.8. The maximum Gasteiger partial charge on any atom is 0.387 e. The smallest absolute Gasteiger partial charge is 0.387 e. The van der Waals surface area contributed by atoms with Gasteiger partial charge in [0.15, 0.2) is 0 Å². The fourth-order valence-corrected chi connectivity index (χ4v) is 1.84. The molecular formula is C12H7ClF2O2. The second kappa shape index (κ2) is 4.67. The highest BCUT2D eigenvalue weighted by Crippen LogP contribution is 2.30. The van der Waals surface area contributed by atoms with Crippen molar-refractivity contribution in [3.05, 3.63) is 42.0 Å². The van der Waals surface area contributed by atoms with Crippen LogP contribution in [0.25, 0.3) is 10.8 Å². The Morgan fingerprint density at radius 3 is 2.53 bits per heavy atom. The van der Waals surface area contributed by atoms with E-state index in [-0.39, 0.29) is 11.3 Å². The molecule has 0 amide bonds. The molecule has 0 aromatic heterocycles. The Balaban J connectivity index is 2.68. The molecular weight excluding hydrogens is 250 g/mol. The lowest BCUT2D eigenvalue weighted by Crippen LogP contribution is -2.06. The van der Waals surface area contributed by atoms with Crippen LogP contribution in [0, 0.1) is 0 Å². The number of carbonyl (C=O) groups excluding carboxylic acids is 1. The highest BCUT2D eigenvalue weighted by molar-refractivity contribution is 6.69. The van der Waals surface area contributed by atoms with Gasteiger partial charge >= 0.3 is 6.61 Å². The molecule has 0 aliphatic rings. The molecule has 0 aliphatic carbocycles. The minimum absolute atomic E-state index is 0.0370. The number of benzene rings is 2. The number of alkyl halides is 2. The molecule has 0 unspecified atom stereocenters. The van der Waals surface area contributed by atoms with E-state index in [1.165, 1.54) is 6.07 Å². The molecule has 0 N–H and O–H groups in total. The van der Waals surface area contributed by atoms with Crippen LogP contribution in [-0.2, 0) is 0 Å². The zero-order valence-corrected chi connectivity index (χ0v) is 9.25. The minimum Gasteiger partial charge on any atom is -0.434 e. The predicted octanol–water partition coefficient (Wildman–Crippen LogP) is 3.82. The first-order valence-corrected chi connectivity index (χ1v) is 5.14. The number of halogens is 3. The van der Waals surface area contributed by atoms with E-state index < -0.39 is 11.9 Å². The average Bonchev–Trinajstić information content (AvgIpc) is 2.27. The molecule has 88 valence electrons. The maximum absolute atomic E-state index is 12.2. The number of rotatable bonds is 3. The quantitative estimate of drug-likeness (QED) is 0.781. The number of fused-ring (bicyclic) bond motifs is 1. The van der Waals surface area contributed by atoms with Crippen molar-refractivity contribution in [1.82, 2.24) is 0 Å². The van der Waals surface area contributed by atoms with Crippen LogP contribution in [0.4, 0.5) is 8.78 Å². The van der Waals surface area contributed by atoms with Crippen LogP contribution in [0.3, 0.4) is 0 Å². The third kappa shape index (κ3) is 2.36. The van der Waals surface area contributed by atoms with E-state index in [0.717, 1.165) is 5.39 Å². The molecule has 0 fully saturated rings. The Labute approximate surface area is 101 Å². The molecule has 0 atom stereocenters. The van der Waals surface area contributed by atoms with Gasteiger partial charge in [0, 0.05) is 0 Å².